The van der Waals surface area contributed by atoms with Crippen molar-refractivity contribution >= 4 is 10.0 Å². The lowest BCUT2D eigenvalue weighted by Gasteiger charge is -2.13. The van der Waals surface area contributed by atoms with Crippen LogP contribution in [0.25, 0.3) is 0 Å². The topological polar surface area (TPSA) is 58.2 Å². The van der Waals surface area contributed by atoms with Crippen LogP contribution in [-0.4, -0.2) is 33.8 Å². The second-order valence-electron chi connectivity index (χ2n) is 5.10. The van der Waals surface area contributed by atoms with Crippen molar-refractivity contribution in [2.45, 2.75) is 46.0 Å². The monoisotopic (exact) mass is 262 g/mol. The highest BCUT2D eigenvalue weighted by Gasteiger charge is 2.40. The molecule has 0 aliphatic heterocycles. The summed E-state index contributed by atoms with van der Waals surface area (Å²) in [7, 11) is -3.06. The molecule has 1 saturated carbocycles. The van der Waals surface area contributed by atoms with Gasteiger partial charge in [-0.3, -0.25) is 0 Å². The predicted molar refractivity (Wildman–Crippen MR) is 71.5 cm³/mol. The Morgan fingerprint density at radius 1 is 1.18 bits per heavy atom. The van der Waals surface area contributed by atoms with Gasteiger partial charge in [0.05, 0.1) is 5.75 Å². The Morgan fingerprint density at radius 2 is 1.88 bits per heavy atom. The summed E-state index contributed by atoms with van der Waals surface area (Å²) in [5.41, 5.74) is 0.285. The van der Waals surface area contributed by atoms with Crippen LogP contribution in [0.15, 0.2) is 0 Å². The summed E-state index contributed by atoms with van der Waals surface area (Å²) >= 11 is 0. The van der Waals surface area contributed by atoms with Gasteiger partial charge in [-0.2, -0.15) is 0 Å². The van der Waals surface area contributed by atoms with Crippen molar-refractivity contribution in [1.82, 2.24) is 10.0 Å². The van der Waals surface area contributed by atoms with E-state index in [4.69, 9.17) is 0 Å². The highest BCUT2D eigenvalue weighted by Crippen LogP contribution is 2.47. The van der Waals surface area contributed by atoms with Gasteiger partial charge in [0, 0.05) is 6.54 Å². The van der Waals surface area contributed by atoms with Crippen LogP contribution in [0, 0.1) is 5.41 Å². The van der Waals surface area contributed by atoms with Gasteiger partial charge in [-0.15, -0.1) is 0 Å². The summed E-state index contributed by atoms with van der Waals surface area (Å²) < 4.78 is 26.2. The molecule has 1 aliphatic rings. The van der Waals surface area contributed by atoms with Crippen molar-refractivity contribution in [2.24, 2.45) is 5.41 Å². The van der Waals surface area contributed by atoms with E-state index in [9.17, 15) is 8.42 Å². The quantitative estimate of drug-likeness (QED) is 0.586. The summed E-state index contributed by atoms with van der Waals surface area (Å²) in [5, 5.41) is 3.21. The minimum Gasteiger partial charge on any atom is -0.317 e. The van der Waals surface area contributed by atoms with Crippen LogP contribution in [0.2, 0.25) is 0 Å². The molecule has 5 heteroatoms. The number of nitrogens with one attached hydrogen (secondary N) is 2. The summed E-state index contributed by atoms with van der Waals surface area (Å²) in [6, 6.07) is 0. The summed E-state index contributed by atoms with van der Waals surface area (Å²) in [5.74, 6) is 0.240. The Morgan fingerprint density at radius 3 is 2.41 bits per heavy atom. The molecule has 1 aliphatic carbocycles. The van der Waals surface area contributed by atoms with Crippen LogP contribution in [0.1, 0.15) is 46.0 Å². The fourth-order valence-electron chi connectivity index (χ4n) is 1.86. The second-order valence-corrected chi connectivity index (χ2v) is 7.02. The van der Waals surface area contributed by atoms with Crippen molar-refractivity contribution in [1.29, 1.82) is 0 Å². The third-order valence-corrected chi connectivity index (χ3v) is 4.98. The number of hydrogen-bond acceptors (Lipinski definition) is 3. The SMILES string of the molecule is CCCNCCCS(=O)(=O)NCC1(CC)CC1. The highest BCUT2D eigenvalue weighted by atomic mass is 32.2. The molecule has 0 heterocycles. The van der Waals surface area contributed by atoms with Gasteiger partial charge < -0.3 is 5.32 Å². The van der Waals surface area contributed by atoms with E-state index in [1.165, 1.54) is 12.8 Å². The zero-order valence-corrected chi connectivity index (χ0v) is 11.9. The molecule has 1 rings (SSSR count). The smallest absolute Gasteiger partial charge is 0.211 e. The van der Waals surface area contributed by atoms with Crippen molar-refractivity contribution in [2.75, 3.05) is 25.4 Å². The van der Waals surface area contributed by atoms with Crippen LogP contribution >= 0.6 is 0 Å². The molecule has 0 aromatic carbocycles. The van der Waals surface area contributed by atoms with E-state index in [0.717, 1.165) is 25.9 Å². The third-order valence-electron chi connectivity index (χ3n) is 3.57. The van der Waals surface area contributed by atoms with Crippen LogP contribution < -0.4 is 10.0 Å². The van der Waals surface area contributed by atoms with Gasteiger partial charge in [-0.05, 0) is 50.6 Å². The van der Waals surface area contributed by atoms with E-state index in [1.54, 1.807) is 0 Å². The number of rotatable bonds is 10. The molecule has 17 heavy (non-hydrogen) atoms. The van der Waals surface area contributed by atoms with Gasteiger partial charge >= 0.3 is 0 Å². The second kappa shape index (κ2) is 6.71. The molecule has 102 valence electrons. The zero-order valence-electron chi connectivity index (χ0n) is 11.1. The van der Waals surface area contributed by atoms with E-state index < -0.39 is 10.0 Å². The first-order chi connectivity index (χ1) is 8.04. The summed E-state index contributed by atoms with van der Waals surface area (Å²) in [6.45, 7) is 6.62. The third kappa shape index (κ3) is 5.84. The molecule has 0 atom stereocenters. The molecule has 0 spiro atoms. The maximum atomic E-state index is 11.7. The number of sulfonamides is 1. The highest BCUT2D eigenvalue weighted by molar-refractivity contribution is 7.89. The van der Waals surface area contributed by atoms with Crippen molar-refractivity contribution < 1.29 is 8.42 Å². The molecule has 0 bridgehead atoms. The van der Waals surface area contributed by atoms with Gasteiger partial charge in [0.2, 0.25) is 10.0 Å². The minimum absolute atomic E-state index is 0.240. The lowest BCUT2D eigenvalue weighted by molar-refractivity contribution is 0.475. The zero-order chi connectivity index (χ0) is 12.8. The first-order valence-corrected chi connectivity index (χ1v) is 8.37. The molecule has 0 radical (unpaired) electrons. The van der Waals surface area contributed by atoms with Gasteiger partial charge in [0.1, 0.15) is 0 Å². The predicted octanol–water partition coefficient (Wildman–Crippen LogP) is 1.49. The van der Waals surface area contributed by atoms with Crippen LogP contribution in [0.5, 0.6) is 0 Å². The Kier molecular flexibility index (Phi) is 5.89. The van der Waals surface area contributed by atoms with E-state index in [2.05, 4.69) is 23.9 Å². The lowest BCUT2D eigenvalue weighted by atomic mass is 10.1. The summed E-state index contributed by atoms with van der Waals surface area (Å²) in [4.78, 5) is 0. The largest absolute Gasteiger partial charge is 0.317 e. The molecule has 0 aromatic heterocycles. The van der Waals surface area contributed by atoms with Crippen molar-refractivity contribution in [3.05, 3.63) is 0 Å². The average molecular weight is 262 g/mol. The van der Waals surface area contributed by atoms with Crippen LogP contribution in [0.4, 0.5) is 0 Å². The molecule has 2 N–H and O–H groups in total. The van der Waals surface area contributed by atoms with E-state index in [0.29, 0.717) is 13.0 Å². The van der Waals surface area contributed by atoms with Crippen molar-refractivity contribution in [3.8, 4) is 0 Å². The van der Waals surface area contributed by atoms with Gasteiger partial charge in [0.25, 0.3) is 0 Å². The normalized spacial score (nSPS) is 18.2. The fourth-order valence-corrected chi connectivity index (χ4v) is 3.05. The molecule has 0 saturated heterocycles. The van der Waals surface area contributed by atoms with Crippen molar-refractivity contribution in [3.63, 3.8) is 0 Å². The molecule has 0 aromatic rings. The maximum absolute atomic E-state index is 11.7. The Labute approximate surface area is 106 Å². The molecule has 0 amide bonds. The summed E-state index contributed by atoms with van der Waals surface area (Å²) in [6.07, 6.45) is 5.19. The molecular weight excluding hydrogens is 236 g/mol. The van der Waals surface area contributed by atoms with Crippen LogP contribution in [0.3, 0.4) is 0 Å². The molecular formula is C12H26N2O2S. The van der Waals surface area contributed by atoms with Gasteiger partial charge in [-0.1, -0.05) is 13.8 Å². The van der Waals surface area contributed by atoms with Gasteiger partial charge in [-0.25, -0.2) is 13.1 Å². The Bertz CT molecular complexity index is 310. The Hall–Kier alpha value is -0.130. The standard InChI is InChI=1S/C12H26N2O2S/c1-3-8-13-9-5-10-17(15,16)14-11-12(4-2)6-7-12/h13-14H,3-11H2,1-2H3. The number of hydrogen-bond donors (Lipinski definition) is 2. The maximum Gasteiger partial charge on any atom is 0.211 e. The van der Waals surface area contributed by atoms with E-state index in [-0.39, 0.29) is 11.2 Å². The fraction of sp³-hybridized carbons (Fsp3) is 1.00. The first kappa shape index (κ1) is 14.9. The first-order valence-electron chi connectivity index (χ1n) is 6.72. The minimum atomic E-state index is -3.06. The Balaban J connectivity index is 2.13. The molecule has 1 fully saturated rings. The van der Waals surface area contributed by atoms with E-state index >= 15 is 0 Å². The molecule has 4 nitrogen and oxygen atoms in total. The van der Waals surface area contributed by atoms with Crippen LogP contribution in [-0.2, 0) is 10.0 Å². The average Bonchev–Trinajstić information content (AvgIpc) is 3.07. The van der Waals surface area contributed by atoms with Gasteiger partial charge in [0.15, 0.2) is 0 Å². The molecule has 0 unspecified atom stereocenters. The lowest BCUT2D eigenvalue weighted by Crippen LogP contribution is -2.33. The van der Waals surface area contributed by atoms with E-state index in [1.807, 2.05) is 0 Å².